The van der Waals surface area contributed by atoms with Gasteiger partial charge in [0.2, 0.25) is 0 Å². The third kappa shape index (κ3) is 4.90. The number of nitrogens with zero attached hydrogens (tertiary/aromatic N) is 2. The molecule has 0 fully saturated rings. The van der Waals surface area contributed by atoms with Crippen molar-refractivity contribution in [1.82, 2.24) is 9.97 Å². The van der Waals surface area contributed by atoms with Crippen molar-refractivity contribution < 1.29 is 4.74 Å². The monoisotopic (exact) mass is 746 g/mol. The van der Waals surface area contributed by atoms with Gasteiger partial charge in [-0.1, -0.05) is 152 Å². The van der Waals surface area contributed by atoms with Crippen LogP contribution >= 0.6 is 11.3 Å². The van der Waals surface area contributed by atoms with Crippen molar-refractivity contribution in [3.05, 3.63) is 209 Å². The second-order valence-electron chi connectivity index (χ2n) is 15.1. The van der Waals surface area contributed by atoms with Gasteiger partial charge in [0.05, 0.1) is 16.8 Å². The van der Waals surface area contributed by atoms with Gasteiger partial charge in [0.1, 0.15) is 11.5 Å². The number of thiophene rings is 1. The molecule has 0 bridgehead atoms. The number of ether oxygens (including phenoxy) is 1. The minimum Gasteiger partial charge on any atom is -0.457 e. The maximum absolute atomic E-state index is 6.68. The Morgan fingerprint density at radius 1 is 0.491 bits per heavy atom. The highest BCUT2D eigenvalue weighted by molar-refractivity contribution is 7.19. The van der Waals surface area contributed by atoms with E-state index in [0.29, 0.717) is 5.82 Å². The maximum Gasteiger partial charge on any atom is 0.160 e. The lowest BCUT2D eigenvalue weighted by Crippen LogP contribution is -2.32. The molecule has 1 aliphatic heterocycles. The predicted molar refractivity (Wildman–Crippen MR) is 234 cm³/mol. The molecule has 0 atom stereocenters. The van der Waals surface area contributed by atoms with Crippen molar-refractivity contribution in [2.24, 2.45) is 0 Å². The van der Waals surface area contributed by atoms with Gasteiger partial charge in [-0.15, -0.1) is 11.3 Å². The first-order valence-corrected chi connectivity index (χ1v) is 20.4. The first-order chi connectivity index (χ1) is 28.2. The molecule has 1 spiro atoms. The predicted octanol–water partition coefficient (Wildman–Crippen LogP) is 13.8. The minimum atomic E-state index is -0.502. The molecule has 4 heteroatoms. The van der Waals surface area contributed by atoms with Gasteiger partial charge in [-0.3, -0.25) is 0 Å². The third-order valence-electron chi connectivity index (χ3n) is 12.0. The molecule has 57 heavy (non-hydrogen) atoms. The van der Waals surface area contributed by atoms with Crippen molar-refractivity contribution in [2.75, 3.05) is 0 Å². The number of benzene rings is 7. The molecule has 3 aliphatic rings. The Balaban J connectivity index is 0.970. The third-order valence-corrected chi connectivity index (χ3v) is 13.3. The fraction of sp³-hybridized carbons (Fsp3) is 0.0566. The molecule has 268 valence electrons. The zero-order chi connectivity index (χ0) is 37.5. The summed E-state index contributed by atoms with van der Waals surface area (Å²) in [5, 5.41) is 1.33. The van der Waals surface area contributed by atoms with Gasteiger partial charge >= 0.3 is 0 Å². The highest BCUT2D eigenvalue weighted by atomic mass is 32.1. The van der Waals surface area contributed by atoms with E-state index in [2.05, 4.69) is 176 Å². The number of hydrogen-bond donors (Lipinski definition) is 0. The molecule has 0 radical (unpaired) electrons. The Hall–Kier alpha value is -6.88. The minimum absolute atomic E-state index is 0.502. The molecule has 3 nitrogen and oxygen atoms in total. The van der Waals surface area contributed by atoms with E-state index in [4.69, 9.17) is 14.7 Å². The Morgan fingerprint density at radius 3 is 1.91 bits per heavy atom. The summed E-state index contributed by atoms with van der Waals surface area (Å²) in [4.78, 5) is 11.9. The summed E-state index contributed by atoms with van der Waals surface area (Å²) in [5.74, 6) is 2.49. The van der Waals surface area contributed by atoms with Gasteiger partial charge in [0.15, 0.2) is 5.82 Å². The second kappa shape index (κ2) is 12.6. The average molecular weight is 747 g/mol. The van der Waals surface area contributed by atoms with E-state index in [1.54, 1.807) is 0 Å². The van der Waals surface area contributed by atoms with E-state index in [1.165, 1.54) is 48.3 Å². The molecule has 0 saturated carbocycles. The van der Waals surface area contributed by atoms with Crippen LogP contribution in [0.1, 0.15) is 39.1 Å². The first-order valence-electron chi connectivity index (χ1n) is 19.6. The van der Waals surface area contributed by atoms with E-state index < -0.39 is 5.41 Å². The number of aromatic nitrogens is 2. The lowest BCUT2D eigenvalue weighted by molar-refractivity contribution is 0.436. The number of allylic oxidation sites excluding steroid dienone is 1. The summed E-state index contributed by atoms with van der Waals surface area (Å²) in [6.45, 7) is 0. The largest absolute Gasteiger partial charge is 0.457 e. The van der Waals surface area contributed by atoms with Gasteiger partial charge in [-0.25, -0.2) is 9.97 Å². The molecule has 7 aromatic carbocycles. The van der Waals surface area contributed by atoms with Crippen molar-refractivity contribution in [3.8, 4) is 67.7 Å². The summed E-state index contributed by atoms with van der Waals surface area (Å²) < 4.78 is 7.99. The van der Waals surface area contributed by atoms with Crippen LogP contribution in [0.4, 0.5) is 0 Å². The fourth-order valence-electron chi connectivity index (χ4n) is 9.44. The molecule has 0 unspecified atom stereocenters. The van der Waals surface area contributed by atoms with Crippen molar-refractivity contribution in [3.63, 3.8) is 0 Å². The van der Waals surface area contributed by atoms with E-state index in [1.807, 2.05) is 17.4 Å². The van der Waals surface area contributed by atoms with Crippen LogP contribution < -0.4 is 4.74 Å². The van der Waals surface area contributed by atoms with Gasteiger partial charge in [-0.2, -0.15) is 0 Å². The van der Waals surface area contributed by atoms with Crippen LogP contribution in [0.2, 0.25) is 0 Å². The molecule has 3 heterocycles. The Kier molecular flexibility index (Phi) is 7.14. The molecule has 2 aromatic heterocycles. The highest BCUT2D eigenvalue weighted by Gasteiger charge is 2.51. The molecule has 2 aliphatic carbocycles. The fourth-order valence-corrected chi connectivity index (χ4v) is 10.7. The van der Waals surface area contributed by atoms with Gasteiger partial charge in [0, 0.05) is 37.4 Å². The molecule has 0 N–H and O–H groups in total. The van der Waals surface area contributed by atoms with Gasteiger partial charge in [-0.05, 0) is 87.5 Å². The SMILES string of the molecule is C1=Cc2c(sc3cc(-c4cc(-c5ccccc5)nc(-c5ccc(-c6ccc7c(c6)C6(c8ccccc8O7)c7ccccc7-c7ccccc76)cc5)n4)ccc23)CC1. The maximum atomic E-state index is 6.68. The van der Waals surface area contributed by atoms with E-state index in [9.17, 15) is 0 Å². The summed E-state index contributed by atoms with van der Waals surface area (Å²) in [6, 6.07) is 61.0. The van der Waals surface area contributed by atoms with Crippen LogP contribution in [0.25, 0.3) is 72.3 Å². The quantitative estimate of drug-likeness (QED) is 0.180. The smallest absolute Gasteiger partial charge is 0.160 e. The Bertz CT molecular complexity index is 3060. The lowest BCUT2D eigenvalue weighted by Gasteiger charge is -2.39. The summed E-state index contributed by atoms with van der Waals surface area (Å²) in [6.07, 6.45) is 6.81. The molecule has 9 aromatic rings. The number of fused-ring (bicyclic) bond motifs is 12. The molecule has 0 saturated heterocycles. The summed E-state index contributed by atoms with van der Waals surface area (Å²) in [5.41, 5.74) is 15.5. The summed E-state index contributed by atoms with van der Waals surface area (Å²) >= 11 is 1.91. The molecule has 0 amide bonds. The molecular weight excluding hydrogens is 713 g/mol. The summed E-state index contributed by atoms with van der Waals surface area (Å²) in [7, 11) is 0. The average Bonchev–Trinajstić information content (AvgIpc) is 3.80. The molecular formula is C53H34N2OS. The van der Waals surface area contributed by atoms with Crippen LogP contribution in [-0.4, -0.2) is 9.97 Å². The standard InChI is InChI=1S/C53H34N2OS/c1-2-12-34(13-3-1)46-32-47(37-26-28-41-40-16-6-11-21-50(40)57-51(41)31-37)55-52(54-46)35-24-22-33(23-25-35)36-27-29-49-45(30-36)53(44-19-9-10-20-48(44)56-49)42-17-7-4-14-38(42)39-15-5-8-18-43(39)53/h1-10,12-20,22-32H,11,21H2. The Morgan fingerprint density at radius 2 is 1.12 bits per heavy atom. The number of aryl methyl sites for hydroxylation is 1. The number of rotatable bonds is 4. The van der Waals surface area contributed by atoms with Crippen molar-refractivity contribution in [1.29, 1.82) is 0 Å². The number of hydrogen-bond acceptors (Lipinski definition) is 4. The van der Waals surface area contributed by atoms with Crippen molar-refractivity contribution in [2.45, 2.75) is 18.3 Å². The zero-order valence-electron chi connectivity index (χ0n) is 30.9. The topological polar surface area (TPSA) is 35.0 Å². The first kappa shape index (κ1) is 32.4. The zero-order valence-corrected chi connectivity index (χ0v) is 31.8. The molecule has 12 rings (SSSR count). The van der Waals surface area contributed by atoms with Gasteiger partial charge in [0.25, 0.3) is 0 Å². The Labute approximate surface area is 335 Å². The number of para-hydroxylation sites is 1. The van der Waals surface area contributed by atoms with Crippen LogP contribution in [0, 0.1) is 0 Å². The second-order valence-corrected chi connectivity index (χ2v) is 16.3. The van der Waals surface area contributed by atoms with Crippen LogP contribution in [0.15, 0.2) is 176 Å². The van der Waals surface area contributed by atoms with E-state index in [0.717, 1.165) is 69.1 Å². The van der Waals surface area contributed by atoms with E-state index in [-0.39, 0.29) is 0 Å². The van der Waals surface area contributed by atoms with E-state index >= 15 is 0 Å². The van der Waals surface area contributed by atoms with Crippen molar-refractivity contribution >= 4 is 27.5 Å². The van der Waals surface area contributed by atoms with Gasteiger partial charge < -0.3 is 4.74 Å². The van der Waals surface area contributed by atoms with Crippen LogP contribution in [-0.2, 0) is 11.8 Å². The lowest BCUT2D eigenvalue weighted by atomic mass is 9.66. The van der Waals surface area contributed by atoms with Crippen LogP contribution in [0.5, 0.6) is 11.5 Å². The normalized spacial score (nSPS) is 14.0. The highest BCUT2D eigenvalue weighted by Crippen LogP contribution is 2.62. The van der Waals surface area contributed by atoms with Crippen LogP contribution in [0.3, 0.4) is 0 Å².